The maximum atomic E-state index is 5.97. The molecular formula is C15H18Cl2N4OS. The fourth-order valence-corrected chi connectivity index (χ4v) is 2.81. The number of ether oxygens (including phenoxy) is 1. The summed E-state index contributed by atoms with van der Waals surface area (Å²) < 4.78 is 6.18. The maximum absolute atomic E-state index is 5.97. The minimum absolute atomic E-state index is 0.248. The monoisotopic (exact) mass is 372 g/mol. The smallest absolute Gasteiger partial charge is 0.281 e. The molecule has 0 bridgehead atoms. The number of nitrogens with two attached hydrogens (primary N) is 1. The Hall–Kier alpha value is -1.50. The van der Waals surface area contributed by atoms with Gasteiger partial charge in [0, 0.05) is 13.6 Å². The van der Waals surface area contributed by atoms with Gasteiger partial charge in [0.25, 0.3) is 5.19 Å². The second-order valence-corrected chi connectivity index (χ2v) is 6.96. The molecule has 1 aromatic heterocycles. The third kappa shape index (κ3) is 4.28. The Labute approximate surface area is 149 Å². The average Bonchev–Trinajstić information content (AvgIpc) is 2.81. The van der Waals surface area contributed by atoms with Crippen LogP contribution >= 0.6 is 34.5 Å². The lowest BCUT2D eigenvalue weighted by Gasteiger charge is -2.16. The third-order valence-corrected chi connectivity index (χ3v) is 4.93. The molecule has 23 heavy (non-hydrogen) atoms. The lowest BCUT2D eigenvalue weighted by molar-refractivity contribution is 0.475. The summed E-state index contributed by atoms with van der Waals surface area (Å²) in [5.41, 5.74) is 8.65. The van der Waals surface area contributed by atoms with Crippen molar-refractivity contribution >= 4 is 46.2 Å². The third-order valence-electron chi connectivity index (χ3n) is 3.32. The van der Waals surface area contributed by atoms with Crippen LogP contribution in [-0.2, 0) is 0 Å². The van der Waals surface area contributed by atoms with E-state index in [0.29, 0.717) is 21.2 Å². The van der Waals surface area contributed by atoms with Crippen molar-refractivity contribution in [2.45, 2.75) is 20.8 Å². The van der Waals surface area contributed by atoms with E-state index in [2.05, 4.69) is 9.98 Å². The fourth-order valence-electron chi connectivity index (χ4n) is 1.78. The van der Waals surface area contributed by atoms with Gasteiger partial charge in [-0.3, -0.25) is 0 Å². The van der Waals surface area contributed by atoms with Gasteiger partial charge in [0.05, 0.1) is 5.69 Å². The Balaban J connectivity index is 2.30. The molecule has 2 N–H and O–H groups in total. The predicted molar refractivity (Wildman–Crippen MR) is 97.7 cm³/mol. The van der Waals surface area contributed by atoms with Crippen LogP contribution in [0.4, 0.5) is 5.69 Å². The number of hydrogen-bond donors (Lipinski definition) is 1. The van der Waals surface area contributed by atoms with Crippen molar-refractivity contribution < 1.29 is 4.74 Å². The lowest BCUT2D eigenvalue weighted by Crippen LogP contribution is -2.33. The molecule has 2 rings (SSSR count). The number of thiazole rings is 1. The van der Waals surface area contributed by atoms with E-state index in [0.717, 1.165) is 23.4 Å². The van der Waals surface area contributed by atoms with Crippen molar-refractivity contribution in [1.82, 2.24) is 9.88 Å². The molecular weight excluding hydrogens is 355 g/mol. The summed E-state index contributed by atoms with van der Waals surface area (Å²) in [5, 5.41) is 0.654. The molecule has 1 aromatic carbocycles. The zero-order valence-corrected chi connectivity index (χ0v) is 15.7. The SMILES string of the molecule is CCN(C)C(N)=Nc1cc(C)c(Oc2nc(Cl)c(Cl)s2)cc1C. The van der Waals surface area contributed by atoms with Crippen molar-refractivity contribution in [2.75, 3.05) is 13.6 Å². The summed E-state index contributed by atoms with van der Waals surface area (Å²) >= 11 is 12.9. The minimum atomic E-state index is 0.248. The number of rotatable bonds is 4. The first kappa shape index (κ1) is 17.8. The molecule has 124 valence electrons. The van der Waals surface area contributed by atoms with Gasteiger partial charge in [-0.1, -0.05) is 34.5 Å². The van der Waals surface area contributed by atoms with Crippen molar-refractivity contribution in [2.24, 2.45) is 10.7 Å². The Bertz CT molecular complexity index is 726. The van der Waals surface area contributed by atoms with Crippen molar-refractivity contribution in [3.8, 4) is 10.9 Å². The molecule has 0 aliphatic heterocycles. The molecule has 0 saturated heterocycles. The minimum Gasteiger partial charge on any atom is -0.431 e. The van der Waals surface area contributed by atoms with Gasteiger partial charge in [0.1, 0.15) is 10.1 Å². The van der Waals surface area contributed by atoms with Gasteiger partial charge in [-0.25, -0.2) is 4.99 Å². The highest BCUT2D eigenvalue weighted by Gasteiger charge is 2.12. The van der Waals surface area contributed by atoms with Crippen LogP contribution in [0, 0.1) is 13.8 Å². The molecule has 0 radical (unpaired) electrons. The van der Waals surface area contributed by atoms with Crippen LogP contribution in [0.15, 0.2) is 17.1 Å². The predicted octanol–water partition coefficient (Wildman–Crippen LogP) is 4.76. The maximum Gasteiger partial charge on any atom is 0.281 e. The van der Waals surface area contributed by atoms with Crippen LogP contribution < -0.4 is 10.5 Å². The molecule has 1 heterocycles. The first-order valence-corrected chi connectivity index (χ1v) is 8.55. The van der Waals surface area contributed by atoms with Gasteiger partial charge in [-0.05, 0) is 44.0 Å². The highest BCUT2D eigenvalue weighted by molar-refractivity contribution is 7.18. The zero-order valence-electron chi connectivity index (χ0n) is 13.4. The molecule has 2 aromatic rings. The molecule has 0 aliphatic rings. The Morgan fingerprint density at radius 2 is 2.04 bits per heavy atom. The first-order valence-electron chi connectivity index (χ1n) is 6.98. The normalized spacial score (nSPS) is 11.7. The van der Waals surface area contributed by atoms with E-state index in [1.54, 1.807) is 0 Å². The van der Waals surface area contributed by atoms with E-state index < -0.39 is 0 Å². The van der Waals surface area contributed by atoms with Crippen molar-refractivity contribution in [3.63, 3.8) is 0 Å². The van der Waals surface area contributed by atoms with Gasteiger partial charge in [-0.2, -0.15) is 4.98 Å². The molecule has 5 nitrogen and oxygen atoms in total. The number of aryl methyl sites for hydroxylation is 2. The Morgan fingerprint density at radius 3 is 2.61 bits per heavy atom. The van der Waals surface area contributed by atoms with Crippen LogP contribution in [0.1, 0.15) is 18.1 Å². The largest absolute Gasteiger partial charge is 0.431 e. The summed E-state index contributed by atoms with van der Waals surface area (Å²) in [6.45, 7) is 6.69. The van der Waals surface area contributed by atoms with E-state index >= 15 is 0 Å². The van der Waals surface area contributed by atoms with Gasteiger partial charge < -0.3 is 15.4 Å². The molecule has 8 heteroatoms. The summed E-state index contributed by atoms with van der Waals surface area (Å²) in [5.74, 6) is 1.16. The van der Waals surface area contributed by atoms with E-state index in [9.17, 15) is 0 Å². The molecule has 0 unspecified atom stereocenters. The standard InChI is InChI=1S/C15H18Cl2N4OS/c1-5-21(4)14(18)19-10-6-9(3)11(7-8(10)2)22-15-20-12(16)13(17)23-15/h6-7H,5H2,1-4H3,(H2,18,19). The zero-order chi connectivity index (χ0) is 17.1. The topological polar surface area (TPSA) is 63.7 Å². The van der Waals surface area contributed by atoms with Gasteiger partial charge >= 0.3 is 0 Å². The van der Waals surface area contributed by atoms with Crippen LogP contribution in [0.25, 0.3) is 0 Å². The van der Waals surface area contributed by atoms with Crippen LogP contribution in [0.3, 0.4) is 0 Å². The number of hydrogen-bond acceptors (Lipinski definition) is 4. The number of aliphatic imine (C=N–C) groups is 1. The number of benzene rings is 1. The Morgan fingerprint density at radius 1 is 1.35 bits per heavy atom. The lowest BCUT2D eigenvalue weighted by atomic mass is 10.1. The van der Waals surface area contributed by atoms with E-state index in [-0.39, 0.29) is 5.15 Å². The van der Waals surface area contributed by atoms with Crippen molar-refractivity contribution in [3.05, 3.63) is 32.7 Å². The Kier molecular flexibility index (Phi) is 5.73. The molecule has 0 amide bonds. The van der Waals surface area contributed by atoms with Gasteiger partial charge in [0.2, 0.25) is 0 Å². The van der Waals surface area contributed by atoms with E-state index in [4.69, 9.17) is 33.7 Å². The van der Waals surface area contributed by atoms with Crippen LogP contribution in [0.5, 0.6) is 10.9 Å². The number of guanidine groups is 1. The number of nitrogens with zero attached hydrogens (tertiary/aromatic N) is 3. The van der Waals surface area contributed by atoms with Crippen molar-refractivity contribution in [1.29, 1.82) is 0 Å². The summed E-state index contributed by atoms with van der Waals surface area (Å²) in [4.78, 5) is 10.4. The average molecular weight is 373 g/mol. The first-order chi connectivity index (χ1) is 10.8. The molecule has 0 fully saturated rings. The molecule has 0 spiro atoms. The second-order valence-electron chi connectivity index (χ2n) is 5.03. The van der Waals surface area contributed by atoms with E-state index in [1.165, 1.54) is 11.3 Å². The van der Waals surface area contributed by atoms with Gasteiger partial charge in [0.15, 0.2) is 11.1 Å². The van der Waals surface area contributed by atoms with Crippen LogP contribution in [0.2, 0.25) is 9.49 Å². The fraction of sp³-hybridized carbons (Fsp3) is 0.333. The van der Waals surface area contributed by atoms with Gasteiger partial charge in [-0.15, -0.1) is 0 Å². The highest BCUT2D eigenvalue weighted by Crippen LogP contribution is 2.37. The second kappa shape index (κ2) is 7.38. The summed E-state index contributed by atoms with van der Waals surface area (Å²) in [7, 11) is 1.90. The molecule has 0 atom stereocenters. The number of aromatic nitrogens is 1. The number of halogens is 2. The highest BCUT2D eigenvalue weighted by atomic mass is 35.5. The van der Waals surface area contributed by atoms with E-state index in [1.807, 2.05) is 44.9 Å². The van der Waals surface area contributed by atoms with Crippen LogP contribution in [-0.4, -0.2) is 29.4 Å². The summed E-state index contributed by atoms with van der Waals surface area (Å²) in [6.07, 6.45) is 0. The molecule has 0 aliphatic carbocycles. The molecule has 0 saturated carbocycles. The quantitative estimate of drug-likeness (QED) is 0.620. The summed E-state index contributed by atoms with van der Waals surface area (Å²) in [6, 6.07) is 3.83.